The number of carbonyl (C=O) groups excluding carboxylic acids is 1. The molecule has 28 heavy (non-hydrogen) atoms. The zero-order valence-electron chi connectivity index (χ0n) is 17.4. The monoisotopic (exact) mass is 390 g/mol. The van der Waals surface area contributed by atoms with Gasteiger partial charge in [-0.1, -0.05) is 13.8 Å². The Hall–Kier alpha value is -1.24. The highest BCUT2D eigenvalue weighted by molar-refractivity contribution is 5.99. The summed E-state index contributed by atoms with van der Waals surface area (Å²) >= 11 is 0. The predicted molar refractivity (Wildman–Crippen MR) is 105 cm³/mol. The van der Waals surface area contributed by atoms with Crippen LogP contribution >= 0.6 is 0 Å². The van der Waals surface area contributed by atoms with E-state index < -0.39 is 0 Å². The van der Waals surface area contributed by atoms with Gasteiger partial charge in [-0.25, -0.2) is 0 Å². The van der Waals surface area contributed by atoms with E-state index in [9.17, 15) is 4.79 Å². The lowest BCUT2D eigenvalue weighted by Crippen LogP contribution is -2.38. The SMILES string of the molecule is CCc1nn(C[C@@H](C)COC2CCCCO2)c2c1C(=O)CC1(CCOCC1)C2. The van der Waals surface area contributed by atoms with Crippen LogP contribution in [0.5, 0.6) is 0 Å². The van der Waals surface area contributed by atoms with Crippen molar-refractivity contribution < 1.29 is 19.0 Å². The largest absolute Gasteiger partial charge is 0.381 e. The number of rotatable bonds is 6. The molecule has 6 heteroatoms. The Bertz CT molecular complexity index is 687. The van der Waals surface area contributed by atoms with Gasteiger partial charge in [-0.15, -0.1) is 0 Å². The van der Waals surface area contributed by atoms with Crippen molar-refractivity contribution in [3.05, 3.63) is 17.0 Å². The molecule has 2 saturated heterocycles. The van der Waals surface area contributed by atoms with Crippen LogP contribution in [0.2, 0.25) is 0 Å². The third-order valence-electron chi connectivity index (χ3n) is 6.56. The van der Waals surface area contributed by atoms with Gasteiger partial charge in [-0.3, -0.25) is 9.48 Å². The highest BCUT2D eigenvalue weighted by Gasteiger charge is 2.42. The first kappa shape index (κ1) is 20.0. The molecule has 0 amide bonds. The van der Waals surface area contributed by atoms with E-state index in [-0.39, 0.29) is 17.5 Å². The Kier molecular flexibility index (Phi) is 6.18. The molecule has 2 atom stereocenters. The van der Waals surface area contributed by atoms with Crippen LogP contribution in [-0.2, 0) is 33.6 Å². The summed E-state index contributed by atoms with van der Waals surface area (Å²) < 4.78 is 19.3. The van der Waals surface area contributed by atoms with Gasteiger partial charge in [0.05, 0.1) is 23.6 Å². The first-order valence-corrected chi connectivity index (χ1v) is 11.0. The molecular weight excluding hydrogens is 356 g/mol. The summed E-state index contributed by atoms with van der Waals surface area (Å²) in [5, 5.41) is 4.85. The first-order chi connectivity index (χ1) is 13.6. The van der Waals surface area contributed by atoms with Gasteiger partial charge in [0.1, 0.15) is 0 Å². The van der Waals surface area contributed by atoms with Crippen molar-refractivity contribution in [3.63, 3.8) is 0 Å². The lowest BCUT2D eigenvalue weighted by molar-refractivity contribution is -0.168. The molecule has 3 aliphatic rings. The summed E-state index contributed by atoms with van der Waals surface area (Å²) in [6.07, 6.45) is 7.60. The van der Waals surface area contributed by atoms with Crippen molar-refractivity contribution >= 4 is 5.78 Å². The summed E-state index contributed by atoms with van der Waals surface area (Å²) in [7, 11) is 0. The fourth-order valence-corrected chi connectivity index (χ4v) is 4.92. The van der Waals surface area contributed by atoms with E-state index >= 15 is 0 Å². The van der Waals surface area contributed by atoms with Crippen LogP contribution in [0.4, 0.5) is 0 Å². The van der Waals surface area contributed by atoms with E-state index in [4.69, 9.17) is 19.3 Å². The van der Waals surface area contributed by atoms with Crippen molar-refractivity contribution in [1.29, 1.82) is 0 Å². The van der Waals surface area contributed by atoms with Crippen LogP contribution in [-0.4, -0.2) is 48.3 Å². The molecule has 156 valence electrons. The maximum Gasteiger partial charge on any atom is 0.167 e. The lowest BCUT2D eigenvalue weighted by atomic mass is 9.68. The van der Waals surface area contributed by atoms with E-state index in [1.54, 1.807) is 0 Å². The van der Waals surface area contributed by atoms with Crippen LogP contribution in [0.15, 0.2) is 0 Å². The number of carbonyl (C=O) groups is 1. The smallest absolute Gasteiger partial charge is 0.167 e. The Morgan fingerprint density at radius 3 is 2.79 bits per heavy atom. The summed E-state index contributed by atoms with van der Waals surface area (Å²) in [5.74, 6) is 0.604. The second kappa shape index (κ2) is 8.64. The zero-order valence-corrected chi connectivity index (χ0v) is 17.4. The maximum absolute atomic E-state index is 13.0. The molecule has 0 N–H and O–H groups in total. The second-order valence-corrected chi connectivity index (χ2v) is 8.93. The van der Waals surface area contributed by atoms with E-state index in [1.807, 2.05) is 0 Å². The molecule has 3 heterocycles. The number of aromatic nitrogens is 2. The van der Waals surface area contributed by atoms with Gasteiger partial charge < -0.3 is 14.2 Å². The molecule has 0 bridgehead atoms. The minimum absolute atomic E-state index is 0.0546. The Morgan fingerprint density at radius 2 is 2.07 bits per heavy atom. The number of aryl methyl sites for hydroxylation is 1. The second-order valence-electron chi connectivity index (χ2n) is 8.93. The Balaban J connectivity index is 1.47. The van der Waals surface area contributed by atoms with Crippen molar-refractivity contribution in [2.45, 2.75) is 78.0 Å². The Labute approximate surface area is 167 Å². The molecule has 1 unspecified atom stereocenters. The van der Waals surface area contributed by atoms with Crippen molar-refractivity contribution in [1.82, 2.24) is 9.78 Å². The van der Waals surface area contributed by atoms with Gasteiger partial charge in [0.25, 0.3) is 0 Å². The molecule has 0 aromatic carbocycles. The minimum atomic E-state index is -0.0546. The van der Waals surface area contributed by atoms with Crippen LogP contribution in [0, 0.1) is 11.3 Å². The van der Waals surface area contributed by atoms with E-state index in [1.165, 1.54) is 6.42 Å². The number of ketones is 1. The van der Waals surface area contributed by atoms with Gasteiger partial charge in [0, 0.05) is 32.8 Å². The summed E-state index contributed by atoms with van der Waals surface area (Å²) in [5.41, 5.74) is 3.09. The molecule has 1 spiro atoms. The van der Waals surface area contributed by atoms with Crippen LogP contribution in [0.3, 0.4) is 0 Å². The fourth-order valence-electron chi connectivity index (χ4n) is 4.92. The average Bonchev–Trinajstić information content (AvgIpc) is 3.05. The van der Waals surface area contributed by atoms with Gasteiger partial charge in [-0.05, 0) is 56.3 Å². The van der Waals surface area contributed by atoms with E-state index in [0.717, 1.165) is 81.8 Å². The van der Waals surface area contributed by atoms with Crippen LogP contribution < -0.4 is 0 Å². The average molecular weight is 391 g/mol. The number of Topliss-reactive ketones (excluding diaryl/α,β-unsaturated/α-hetero) is 1. The lowest BCUT2D eigenvalue weighted by Gasteiger charge is -2.39. The molecule has 1 aliphatic carbocycles. The standard InChI is InChI=1S/C22H34N2O4/c1-3-17-21-18(12-22(13-19(21)25)7-10-26-11-8-22)24(23-17)14-16(2)15-28-20-6-4-5-9-27-20/h16,20H,3-15H2,1-2H3/t16-,20?/m1/s1. The quantitative estimate of drug-likeness (QED) is 0.743. The number of hydrogen-bond donors (Lipinski definition) is 0. The van der Waals surface area contributed by atoms with Gasteiger partial charge in [0.15, 0.2) is 12.1 Å². The van der Waals surface area contributed by atoms with Crippen molar-refractivity contribution in [2.75, 3.05) is 26.4 Å². The molecule has 2 fully saturated rings. The summed E-state index contributed by atoms with van der Waals surface area (Å²) in [6.45, 7) is 8.07. The third-order valence-corrected chi connectivity index (χ3v) is 6.56. The maximum atomic E-state index is 13.0. The molecule has 0 saturated carbocycles. The molecule has 1 aromatic heterocycles. The summed E-state index contributed by atoms with van der Waals surface area (Å²) in [4.78, 5) is 13.0. The zero-order chi connectivity index (χ0) is 19.6. The van der Waals surface area contributed by atoms with E-state index in [2.05, 4.69) is 18.5 Å². The number of hydrogen-bond acceptors (Lipinski definition) is 5. The van der Waals surface area contributed by atoms with Gasteiger partial charge >= 0.3 is 0 Å². The highest BCUT2D eigenvalue weighted by atomic mass is 16.7. The highest BCUT2D eigenvalue weighted by Crippen LogP contribution is 2.44. The molecule has 0 radical (unpaired) electrons. The Morgan fingerprint density at radius 1 is 1.25 bits per heavy atom. The van der Waals surface area contributed by atoms with Gasteiger partial charge in [0.2, 0.25) is 0 Å². The van der Waals surface area contributed by atoms with Crippen LogP contribution in [0.1, 0.15) is 74.1 Å². The molecule has 2 aliphatic heterocycles. The van der Waals surface area contributed by atoms with Crippen molar-refractivity contribution in [3.8, 4) is 0 Å². The minimum Gasteiger partial charge on any atom is -0.381 e. The summed E-state index contributed by atoms with van der Waals surface area (Å²) in [6, 6.07) is 0. The molecule has 4 rings (SSSR count). The third kappa shape index (κ3) is 4.19. The molecule has 6 nitrogen and oxygen atoms in total. The normalized spacial score (nSPS) is 25.6. The predicted octanol–water partition coefficient (Wildman–Crippen LogP) is 3.55. The van der Waals surface area contributed by atoms with Crippen LogP contribution in [0.25, 0.3) is 0 Å². The van der Waals surface area contributed by atoms with E-state index in [0.29, 0.717) is 18.9 Å². The number of ether oxygens (including phenoxy) is 3. The number of fused-ring (bicyclic) bond motifs is 1. The number of nitrogens with zero attached hydrogens (tertiary/aromatic N) is 2. The first-order valence-electron chi connectivity index (χ1n) is 11.0. The fraction of sp³-hybridized carbons (Fsp3) is 0.818. The molecular formula is C22H34N2O4. The topological polar surface area (TPSA) is 62.6 Å². The molecule has 1 aromatic rings. The van der Waals surface area contributed by atoms with Gasteiger partial charge in [-0.2, -0.15) is 5.10 Å². The van der Waals surface area contributed by atoms with Crippen molar-refractivity contribution in [2.24, 2.45) is 11.3 Å².